The van der Waals surface area contributed by atoms with Crippen molar-refractivity contribution in [2.24, 2.45) is 0 Å². The van der Waals surface area contributed by atoms with Crippen LogP contribution in [0.4, 0.5) is 11.4 Å². The zero-order valence-corrected chi connectivity index (χ0v) is 26.4. The van der Waals surface area contributed by atoms with Gasteiger partial charge in [0.15, 0.2) is 0 Å². The fourth-order valence-corrected chi connectivity index (χ4v) is 4.93. The summed E-state index contributed by atoms with van der Waals surface area (Å²) >= 11 is 0. The molecule has 0 saturated heterocycles. The lowest BCUT2D eigenvalue weighted by atomic mass is 9.94. The van der Waals surface area contributed by atoms with Crippen LogP contribution in [0, 0.1) is 13.8 Å². The Hall–Kier alpha value is -4.88. The predicted octanol–water partition coefficient (Wildman–Crippen LogP) is 3.45. The van der Waals surface area contributed by atoms with E-state index in [0.29, 0.717) is 49.1 Å². The van der Waals surface area contributed by atoms with Crippen molar-refractivity contribution in [2.45, 2.75) is 26.9 Å². The summed E-state index contributed by atoms with van der Waals surface area (Å²) in [7, 11) is 3.06. The molecule has 242 valence electrons. The van der Waals surface area contributed by atoms with Crippen LogP contribution in [-0.2, 0) is 13.1 Å². The number of ether oxygens (including phenoxy) is 2. The third-order valence-corrected chi connectivity index (χ3v) is 7.45. The van der Waals surface area contributed by atoms with Crippen molar-refractivity contribution in [3.8, 4) is 22.6 Å². The number of aliphatic hydroxyl groups excluding tert-OH is 2. The van der Waals surface area contributed by atoms with Gasteiger partial charge in [0.2, 0.25) is 0 Å². The van der Waals surface area contributed by atoms with Crippen LogP contribution < -0.4 is 30.7 Å². The number of rotatable bonds is 15. The summed E-state index contributed by atoms with van der Waals surface area (Å²) in [4.78, 5) is 35.1. The Morgan fingerprint density at radius 2 is 1.11 bits per heavy atom. The third kappa shape index (κ3) is 8.23. The Labute approximate surface area is 268 Å². The quantitative estimate of drug-likeness (QED) is 0.107. The number of amides is 2. The highest BCUT2D eigenvalue weighted by atomic mass is 16.5. The Morgan fingerprint density at radius 1 is 0.696 bits per heavy atom. The smallest absolute Gasteiger partial charge is 0.274 e. The molecule has 0 atom stereocenters. The molecule has 2 aromatic heterocycles. The molecule has 0 unspecified atom stereocenters. The van der Waals surface area contributed by atoms with Crippen LogP contribution in [0.2, 0.25) is 0 Å². The number of carbonyl (C=O) groups is 2. The van der Waals surface area contributed by atoms with Gasteiger partial charge in [0.25, 0.3) is 11.8 Å². The molecule has 0 spiro atoms. The van der Waals surface area contributed by atoms with Crippen LogP contribution in [0.1, 0.15) is 43.2 Å². The first kappa shape index (κ1) is 34.0. The van der Waals surface area contributed by atoms with Gasteiger partial charge in [-0.25, -0.2) is 0 Å². The van der Waals surface area contributed by atoms with E-state index in [1.807, 2.05) is 50.2 Å². The minimum Gasteiger partial charge on any atom is -0.496 e. The number of aromatic nitrogens is 2. The molecule has 12 heteroatoms. The van der Waals surface area contributed by atoms with Crippen molar-refractivity contribution >= 4 is 23.2 Å². The average molecular weight is 629 g/mol. The van der Waals surface area contributed by atoms with E-state index in [1.165, 1.54) is 14.2 Å². The van der Waals surface area contributed by atoms with Gasteiger partial charge < -0.3 is 41.0 Å². The molecule has 0 saturated carbocycles. The summed E-state index contributed by atoms with van der Waals surface area (Å²) < 4.78 is 10.9. The summed E-state index contributed by atoms with van der Waals surface area (Å²) in [5.41, 5.74) is 6.65. The van der Waals surface area contributed by atoms with Crippen LogP contribution in [0.5, 0.6) is 11.5 Å². The van der Waals surface area contributed by atoms with Gasteiger partial charge in [0, 0.05) is 73.2 Å². The summed E-state index contributed by atoms with van der Waals surface area (Å²) in [5.74, 6) is 0.268. The molecular formula is C34H40N6O6. The summed E-state index contributed by atoms with van der Waals surface area (Å²) in [6, 6.07) is 14.5. The molecule has 6 N–H and O–H groups in total. The zero-order chi connectivity index (χ0) is 33.1. The number of nitrogens with zero attached hydrogens (tertiary/aromatic N) is 2. The van der Waals surface area contributed by atoms with E-state index in [-0.39, 0.29) is 36.4 Å². The molecule has 0 aliphatic rings. The second-order valence-electron chi connectivity index (χ2n) is 10.4. The SMILES string of the molecule is COc1cc(C(=O)Nc2cccc(-c3cccc(NC(=O)c4cc(OC)c(CNCCO)cn4)c3C)c2C)ncc1CNCCO. The number of aliphatic hydroxyl groups is 2. The first-order valence-electron chi connectivity index (χ1n) is 14.8. The standard InChI is InChI=1S/C34H40N6O6/c1-21-25(7-5-9-27(21)39-33(43)29-15-31(45-3)23(19-37-29)17-35-11-13-41)26-8-6-10-28(22(26)2)40-34(44)30-16-32(46-4)24(20-38-30)18-36-12-14-42/h5-10,15-16,19-20,35-36,41-42H,11-14,17-18H2,1-4H3,(H,39,43)(H,40,44). The summed E-state index contributed by atoms with van der Waals surface area (Å²) in [5, 5.41) is 30.1. The van der Waals surface area contributed by atoms with Crippen molar-refractivity contribution in [3.63, 3.8) is 0 Å². The fraction of sp³-hybridized carbons (Fsp3) is 0.294. The van der Waals surface area contributed by atoms with Crippen molar-refractivity contribution < 1.29 is 29.3 Å². The molecule has 0 fully saturated rings. The largest absolute Gasteiger partial charge is 0.496 e. The lowest BCUT2D eigenvalue weighted by Crippen LogP contribution is -2.19. The highest BCUT2D eigenvalue weighted by Crippen LogP contribution is 2.34. The van der Waals surface area contributed by atoms with Crippen LogP contribution in [0.15, 0.2) is 60.9 Å². The molecule has 2 heterocycles. The van der Waals surface area contributed by atoms with E-state index >= 15 is 0 Å². The number of anilines is 2. The molecule has 0 aliphatic heterocycles. The summed E-state index contributed by atoms with van der Waals surface area (Å²) in [6.45, 7) is 5.63. The van der Waals surface area contributed by atoms with Crippen molar-refractivity contribution in [3.05, 3.63) is 94.6 Å². The highest BCUT2D eigenvalue weighted by molar-refractivity contribution is 6.05. The topological polar surface area (TPSA) is 167 Å². The molecule has 46 heavy (non-hydrogen) atoms. The van der Waals surface area contributed by atoms with Gasteiger partial charge in [-0.1, -0.05) is 24.3 Å². The Bertz CT molecular complexity index is 1560. The molecule has 4 rings (SSSR count). The number of nitrogens with one attached hydrogen (secondary N) is 4. The number of methoxy groups -OCH3 is 2. The molecule has 2 amide bonds. The molecule has 4 aromatic rings. The molecular weight excluding hydrogens is 588 g/mol. The van der Waals surface area contributed by atoms with Gasteiger partial charge in [0.05, 0.1) is 27.4 Å². The van der Waals surface area contributed by atoms with Gasteiger partial charge in [-0.05, 0) is 48.2 Å². The van der Waals surface area contributed by atoms with Crippen molar-refractivity contribution in [1.82, 2.24) is 20.6 Å². The maximum absolute atomic E-state index is 13.2. The average Bonchev–Trinajstić information content (AvgIpc) is 3.07. The van der Waals surface area contributed by atoms with E-state index in [2.05, 4.69) is 31.2 Å². The lowest BCUT2D eigenvalue weighted by Gasteiger charge is -2.17. The van der Waals surface area contributed by atoms with Gasteiger partial charge in [-0.3, -0.25) is 19.6 Å². The number of hydrogen-bond donors (Lipinski definition) is 6. The fourth-order valence-electron chi connectivity index (χ4n) is 4.93. The van der Waals surface area contributed by atoms with E-state index in [9.17, 15) is 9.59 Å². The van der Waals surface area contributed by atoms with Crippen molar-refractivity contribution in [2.75, 3.05) is 51.2 Å². The normalized spacial score (nSPS) is 10.8. The van der Waals surface area contributed by atoms with Gasteiger partial charge in [0.1, 0.15) is 22.9 Å². The van der Waals surface area contributed by atoms with E-state index < -0.39 is 0 Å². The van der Waals surface area contributed by atoms with Gasteiger partial charge in [-0.15, -0.1) is 0 Å². The second kappa shape index (κ2) is 16.4. The number of hydrogen-bond acceptors (Lipinski definition) is 10. The van der Waals surface area contributed by atoms with Gasteiger partial charge >= 0.3 is 0 Å². The lowest BCUT2D eigenvalue weighted by molar-refractivity contribution is 0.101. The first-order chi connectivity index (χ1) is 22.3. The van der Waals surface area contributed by atoms with E-state index in [1.54, 1.807) is 24.5 Å². The number of carbonyl (C=O) groups excluding carboxylic acids is 2. The zero-order valence-electron chi connectivity index (χ0n) is 26.4. The maximum atomic E-state index is 13.2. The van der Waals surface area contributed by atoms with E-state index in [4.69, 9.17) is 19.7 Å². The molecule has 12 nitrogen and oxygen atoms in total. The molecule has 0 aliphatic carbocycles. The minimum atomic E-state index is -0.385. The van der Waals surface area contributed by atoms with Gasteiger partial charge in [-0.2, -0.15) is 0 Å². The first-order valence-corrected chi connectivity index (χ1v) is 14.8. The van der Waals surface area contributed by atoms with Crippen LogP contribution in [-0.4, -0.2) is 72.5 Å². The van der Waals surface area contributed by atoms with Crippen LogP contribution in [0.3, 0.4) is 0 Å². The van der Waals surface area contributed by atoms with Crippen LogP contribution in [0.25, 0.3) is 11.1 Å². The predicted molar refractivity (Wildman–Crippen MR) is 176 cm³/mol. The second-order valence-corrected chi connectivity index (χ2v) is 10.4. The van der Waals surface area contributed by atoms with Crippen LogP contribution >= 0.6 is 0 Å². The Morgan fingerprint density at radius 3 is 1.48 bits per heavy atom. The highest BCUT2D eigenvalue weighted by Gasteiger charge is 2.18. The van der Waals surface area contributed by atoms with E-state index in [0.717, 1.165) is 33.4 Å². The monoisotopic (exact) mass is 628 g/mol. The Kier molecular flexibility index (Phi) is 12.1. The van der Waals surface area contributed by atoms with Crippen molar-refractivity contribution in [1.29, 1.82) is 0 Å². The molecule has 0 radical (unpaired) electrons. The molecule has 2 aromatic carbocycles. The number of pyridine rings is 2. The number of benzene rings is 2. The molecule has 0 bridgehead atoms. The maximum Gasteiger partial charge on any atom is 0.274 e. The Balaban J connectivity index is 1.53. The minimum absolute atomic E-state index is 0.0145. The third-order valence-electron chi connectivity index (χ3n) is 7.45. The summed E-state index contributed by atoms with van der Waals surface area (Å²) in [6.07, 6.45) is 3.17.